The van der Waals surface area contributed by atoms with Crippen molar-refractivity contribution in [1.82, 2.24) is 15.0 Å². The van der Waals surface area contributed by atoms with Crippen LogP contribution in [0.25, 0.3) is 21.7 Å². The van der Waals surface area contributed by atoms with Crippen molar-refractivity contribution in [3.05, 3.63) is 102 Å². The monoisotopic (exact) mass is 578 g/mol. The fourth-order valence-corrected chi connectivity index (χ4v) is 5.32. The van der Waals surface area contributed by atoms with Crippen LogP contribution in [0.1, 0.15) is 31.2 Å². The van der Waals surface area contributed by atoms with Gasteiger partial charge in [0.15, 0.2) is 0 Å². The predicted molar refractivity (Wildman–Crippen MR) is 166 cm³/mol. The molecule has 2 aromatic carbocycles. The van der Waals surface area contributed by atoms with Crippen molar-refractivity contribution in [2.75, 3.05) is 10.6 Å². The van der Waals surface area contributed by atoms with Crippen molar-refractivity contribution in [2.24, 2.45) is 5.73 Å². The van der Waals surface area contributed by atoms with Crippen LogP contribution in [0.15, 0.2) is 91.4 Å². The summed E-state index contributed by atoms with van der Waals surface area (Å²) in [7, 11) is 0. The number of benzene rings is 2. The minimum Gasteiger partial charge on any atom is -0.424 e. The first-order valence-electron chi connectivity index (χ1n) is 13.3. The lowest BCUT2D eigenvalue weighted by molar-refractivity contribution is -0.117. The molecule has 0 radical (unpaired) electrons. The second kappa shape index (κ2) is 12.2. The molecule has 5 aromatic rings. The SMILES string of the molecule is CC(C)(C)c1cc(NC(=O)Nc2ccc(Oc3nccc(-c4cccnc4)n3)cc2)c(-c2cccc(CC(N)=O)c2)s1. The van der Waals surface area contributed by atoms with Crippen LogP contribution in [0.2, 0.25) is 0 Å². The third-order valence-electron chi connectivity index (χ3n) is 6.20. The quantitative estimate of drug-likeness (QED) is 0.181. The molecule has 10 heteroatoms. The summed E-state index contributed by atoms with van der Waals surface area (Å²) in [5.74, 6) is 0.128. The fraction of sp³-hybridized carbons (Fsp3) is 0.156. The number of ether oxygens (including phenoxy) is 1. The number of hydrogen-bond acceptors (Lipinski definition) is 7. The second-order valence-electron chi connectivity index (χ2n) is 10.6. The maximum Gasteiger partial charge on any atom is 0.323 e. The molecular weight excluding hydrogens is 548 g/mol. The van der Waals surface area contributed by atoms with Crippen LogP contribution in [0.5, 0.6) is 11.8 Å². The van der Waals surface area contributed by atoms with Gasteiger partial charge in [0.2, 0.25) is 5.91 Å². The predicted octanol–water partition coefficient (Wildman–Crippen LogP) is 7.03. The van der Waals surface area contributed by atoms with Crippen LogP contribution < -0.4 is 21.1 Å². The first kappa shape index (κ1) is 28.4. The Morgan fingerprint density at radius 3 is 2.43 bits per heavy atom. The Balaban J connectivity index is 1.29. The summed E-state index contributed by atoms with van der Waals surface area (Å²) in [6.07, 6.45) is 5.20. The molecule has 0 saturated carbocycles. The van der Waals surface area contributed by atoms with Crippen molar-refractivity contribution in [2.45, 2.75) is 32.6 Å². The molecule has 3 amide bonds. The van der Waals surface area contributed by atoms with Crippen molar-refractivity contribution >= 4 is 34.6 Å². The third kappa shape index (κ3) is 7.15. The lowest BCUT2D eigenvalue weighted by atomic mass is 9.94. The number of rotatable bonds is 8. The Morgan fingerprint density at radius 2 is 1.71 bits per heavy atom. The number of amides is 3. The highest BCUT2D eigenvalue weighted by molar-refractivity contribution is 7.16. The molecule has 3 heterocycles. The highest BCUT2D eigenvalue weighted by Gasteiger charge is 2.22. The lowest BCUT2D eigenvalue weighted by Crippen LogP contribution is -2.19. The van der Waals surface area contributed by atoms with E-state index in [1.165, 1.54) is 0 Å². The van der Waals surface area contributed by atoms with Gasteiger partial charge in [-0.2, -0.15) is 4.98 Å². The third-order valence-corrected chi connectivity index (χ3v) is 7.81. The van der Waals surface area contributed by atoms with E-state index < -0.39 is 5.91 Å². The van der Waals surface area contributed by atoms with Gasteiger partial charge in [-0.25, -0.2) is 9.78 Å². The zero-order chi connectivity index (χ0) is 29.7. The van der Waals surface area contributed by atoms with E-state index >= 15 is 0 Å². The average molecular weight is 579 g/mol. The zero-order valence-corrected chi connectivity index (χ0v) is 24.2. The minimum atomic E-state index is -0.395. The van der Waals surface area contributed by atoms with Gasteiger partial charge in [0.1, 0.15) is 5.75 Å². The van der Waals surface area contributed by atoms with Crippen LogP contribution in [-0.4, -0.2) is 26.9 Å². The van der Waals surface area contributed by atoms with Gasteiger partial charge < -0.3 is 21.1 Å². The Bertz CT molecular complexity index is 1710. The van der Waals surface area contributed by atoms with E-state index in [2.05, 4.69) is 46.4 Å². The largest absolute Gasteiger partial charge is 0.424 e. The zero-order valence-electron chi connectivity index (χ0n) is 23.4. The molecule has 5 rings (SSSR count). The Labute approximate surface area is 247 Å². The maximum atomic E-state index is 13.0. The summed E-state index contributed by atoms with van der Waals surface area (Å²) < 4.78 is 5.83. The Morgan fingerprint density at radius 1 is 0.929 bits per heavy atom. The van der Waals surface area contributed by atoms with E-state index in [9.17, 15) is 9.59 Å². The molecule has 0 atom stereocenters. The number of primary amides is 1. The van der Waals surface area contributed by atoms with Crippen molar-refractivity contribution < 1.29 is 14.3 Å². The molecule has 3 aromatic heterocycles. The van der Waals surface area contributed by atoms with Gasteiger partial charge in [0, 0.05) is 34.7 Å². The summed E-state index contributed by atoms with van der Waals surface area (Å²) in [6.45, 7) is 6.37. The summed E-state index contributed by atoms with van der Waals surface area (Å²) >= 11 is 1.61. The number of thiophene rings is 1. The molecule has 0 bridgehead atoms. The number of nitrogens with two attached hydrogens (primary N) is 1. The molecule has 9 nitrogen and oxygen atoms in total. The smallest absolute Gasteiger partial charge is 0.323 e. The number of carbonyl (C=O) groups excluding carboxylic acids is 2. The van der Waals surface area contributed by atoms with Crippen LogP contribution >= 0.6 is 11.3 Å². The number of nitrogens with one attached hydrogen (secondary N) is 2. The minimum absolute atomic E-state index is 0.113. The molecule has 0 spiro atoms. The summed E-state index contributed by atoms with van der Waals surface area (Å²) in [4.78, 5) is 39.3. The van der Waals surface area contributed by atoms with Crippen LogP contribution in [0, 0.1) is 0 Å². The molecular formula is C32H30N6O3S. The molecule has 0 aliphatic rings. The molecule has 0 saturated heterocycles. The van der Waals surface area contributed by atoms with Gasteiger partial charge in [-0.15, -0.1) is 11.3 Å². The second-order valence-corrected chi connectivity index (χ2v) is 11.7. The number of anilines is 2. The highest BCUT2D eigenvalue weighted by atomic mass is 32.1. The van der Waals surface area contributed by atoms with E-state index in [0.29, 0.717) is 22.8 Å². The van der Waals surface area contributed by atoms with Gasteiger partial charge in [0.05, 0.1) is 22.7 Å². The van der Waals surface area contributed by atoms with Gasteiger partial charge in [0.25, 0.3) is 0 Å². The van der Waals surface area contributed by atoms with E-state index in [4.69, 9.17) is 10.5 Å². The van der Waals surface area contributed by atoms with E-state index in [1.807, 2.05) is 42.5 Å². The van der Waals surface area contributed by atoms with E-state index in [0.717, 1.165) is 26.4 Å². The molecule has 212 valence electrons. The van der Waals surface area contributed by atoms with E-state index in [1.54, 1.807) is 60.3 Å². The maximum absolute atomic E-state index is 13.0. The molecule has 0 unspecified atom stereocenters. The molecule has 0 aliphatic heterocycles. The number of hydrogen-bond donors (Lipinski definition) is 3. The molecule has 0 aliphatic carbocycles. The fourth-order valence-electron chi connectivity index (χ4n) is 4.15. The standard InChI is InChI=1S/C32H30N6O3S/c1-32(2,3)27-18-26(29(42-27)21-7-4-6-20(16-21)17-28(33)39)37-30(40)36-23-9-11-24(12-10-23)41-31-35-15-13-25(38-31)22-8-5-14-34-19-22/h4-16,18-19H,17H2,1-3H3,(H2,33,39)(H2,36,37,40). The number of pyridine rings is 1. The van der Waals surface area contributed by atoms with Crippen molar-refractivity contribution in [1.29, 1.82) is 0 Å². The van der Waals surface area contributed by atoms with Crippen LogP contribution in [0.3, 0.4) is 0 Å². The van der Waals surface area contributed by atoms with Crippen LogP contribution in [-0.2, 0) is 16.6 Å². The normalized spacial score (nSPS) is 11.1. The first-order valence-corrected chi connectivity index (χ1v) is 14.1. The average Bonchev–Trinajstić information content (AvgIpc) is 3.39. The number of nitrogens with zero attached hydrogens (tertiary/aromatic N) is 3. The van der Waals surface area contributed by atoms with Crippen LogP contribution in [0.4, 0.5) is 16.2 Å². The first-order chi connectivity index (χ1) is 20.1. The van der Waals surface area contributed by atoms with Gasteiger partial charge in [-0.05, 0) is 71.1 Å². The van der Waals surface area contributed by atoms with Crippen molar-refractivity contribution in [3.63, 3.8) is 0 Å². The molecule has 4 N–H and O–H groups in total. The summed E-state index contributed by atoms with van der Waals surface area (Å²) in [5, 5.41) is 5.87. The molecule has 0 fully saturated rings. The number of urea groups is 1. The topological polar surface area (TPSA) is 132 Å². The lowest BCUT2D eigenvalue weighted by Gasteiger charge is -2.15. The molecule has 42 heavy (non-hydrogen) atoms. The highest BCUT2D eigenvalue weighted by Crippen LogP contribution is 2.42. The Hall–Kier alpha value is -5.09. The van der Waals surface area contributed by atoms with Gasteiger partial charge in [-0.3, -0.25) is 9.78 Å². The van der Waals surface area contributed by atoms with E-state index in [-0.39, 0.29) is 23.9 Å². The van der Waals surface area contributed by atoms with Crippen molar-refractivity contribution in [3.8, 4) is 33.5 Å². The van der Waals surface area contributed by atoms with Gasteiger partial charge in [-0.1, -0.05) is 39.0 Å². The Kier molecular flexibility index (Phi) is 8.26. The van der Waals surface area contributed by atoms with Gasteiger partial charge >= 0.3 is 12.0 Å². The number of carbonyl (C=O) groups is 2. The summed E-state index contributed by atoms with van der Waals surface area (Å²) in [5.41, 5.74) is 9.84. The number of aromatic nitrogens is 3. The summed E-state index contributed by atoms with van der Waals surface area (Å²) in [6, 6.07) is 21.9.